The van der Waals surface area contributed by atoms with Crippen molar-refractivity contribution in [2.75, 3.05) is 31.1 Å². The minimum atomic E-state index is 0.338. The maximum atomic E-state index is 12.7. The van der Waals surface area contributed by atoms with E-state index in [4.69, 9.17) is 0 Å². The average molecular weight is 285 g/mol. The highest BCUT2D eigenvalue weighted by Gasteiger charge is 2.44. The van der Waals surface area contributed by atoms with E-state index in [1.165, 1.54) is 19.3 Å². The maximum Gasteiger partial charge on any atom is 0.226 e. The zero-order valence-corrected chi connectivity index (χ0v) is 12.4. The van der Waals surface area contributed by atoms with Crippen LogP contribution >= 0.6 is 0 Å². The van der Waals surface area contributed by atoms with Gasteiger partial charge >= 0.3 is 0 Å². The molecule has 0 unspecified atom stereocenters. The van der Waals surface area contributed by atoms with E-state index in [1.54, 1.807) is 0 Å². The van der Waals surface area contributed by atoms with Gasteiger partial charge in [0.25, 0.3) is 0 Å². The molecule has 2 bridgehead atoms. The Morgan fingerprint density at radius 1 is 1.10 bits per heavy atom. The summed E-state index contributed by atoms with van der Waals surface area (Å²) >= 11 is 0. The van der Waals surface area contributed by atoms with Gasteiger partial charge in [0.2, 0.25) is 5.91 Å². The fourth-order valence-corrected chi connectivity index (χ4v) is 4.48. The van der Waals surface area contributed by atoms with Crippen molar-refractivity contribution < 1.29 is 4.79 Å². The van der Waals surface area contributed by atoms with Crippen LogP contribution in [-0.2, 0) is 4.79 Å². The SMILES string of the molecule is O=C([C@H]1C[C@H]2CC[C@H]1C2)N1CCN(c2ccccn2)CC1. The van der Waals surface area contributed by atoms with Crippen molar-refractivity contribution >= 4 is 11.7 Å². The van der Waals surface area contributed by atoms with E-state index in [0.29, 0.717) is 17.7 Å². The first-order valence-corrected chi connectivity index (χ1v) is 8.26. The summed E-state index contributed by atoms with van der Waals surface area (Å²) in [6, 6.07) is 6.01. The normalized spacial score (nSPS) is 31.7. The Morgan fingerprint density at radius 3 is 2.57 bits per heavy atom. The summed E-state index contributed by atoms with van der Waals surface area (Å²) in [5.41, 5.74) is 0. The lowest BCUT2D eigenvalue weighted by Crippen LogP contribution is -2.51. The van der Waals surface area contributed by atoms with Gasteiger partial charge in [-0.2, -0.15) is 0 Å². The predicted octanol–water partition coefficient (Wildman–Crippen LogP) is 2.17. The average Bonchev–Trinajstić information content (AvgIpc) is 3.18. The fraction of sp³-hybridized carbons (Fsp3) is 0.647. The second kappa shape index (κ2) is 5.32. The van der Waals surface area contributed by atoms with Crippen LogP contribution in [0.15, 0.2) is 24.4 Å². The van der Waals surface area contributed by atoms with Crippen LogP contribution in [-0.4, -0.2) is 42.0 Å². The Bertz CT molecular complexity index is 510. The molecule has 0 N–H and O–H groups in total. The van der Waals surface area contributed by atoms with Gasteiger partial charge in [-0.1, -0.05) is 12.5 Å². The smallest absolute Gasteiger partial charge is 0.226 e. The first-order valence-electron chi connectivity index (χ1n) is 8.26. The largest absolute Gasteiger partial charge is 0.353 e. The number of carbonyl (C=O) groups excluding carboxylic acids is 1. The molecule has 2 saturated carbocycles. The number of nitrogens with zero attached hydrogens (tertiary/aromatic N) is 3. The molecule has 3 aliphatic rings. The topological polar surface area (TPSA) is 36.4 Å². The molecule has 1 saturated heterocycles. The van der Waals surface area contributed by atoms with E-state index in [0.717, 1.165) is 44.3 Å². The lowest BCUT2D eigenvalue weighted by atomic mass is 9.87. The van der Waals surface area contributed by atoms with E-state index < -0.39 is 0 Å². The maximum absolute atomic E-state index is 12.7. The number of hydrogen-bond donors (Lipinski definition) is 0. The van der Waals surface area contributed by atoms with Gasteiger partial charge in [-0.3, -0.25) is 4.79 Å². The third-order valence-corrected chi connectivity index (χ3v) is 5.62. The summed E-state index contributed by atoms with van der Waals surface area (Å²) in [6.07, 6.45) is 6.95. The second-order valence-electron chi connectivity index (χ2n) is 6.78. The standard InChI is InChI=1S/C17H23N3O/c21-17(15-12-13-4-5-14(15)11-13)20-9-7-19(8-10-20)16-3-1-2-6-18-16/h1-3,6,13-15H,4-5,7-12H2/t13-,14-,15-/m0/s1. The van der Waals surface area contributed by atoms with Crippen LogP contribution in [0.1, 0.15) is 25.7 Å². The highest BCUT2D eigenvalue weighted by molar-refractivity contribution is 5.80. The number of anilines is 1. The van der Waals surface area contributed by atoms with Gasteiger partial charge in [-0.25, -0.2) is 4.98 Å². The molecule has 1 aliphatic heterocycles. The summed E-state index contributed by atoms with van der Waals surface area (Å²) in [4.78, 5) is 21.5. The number of hydrogen-bond acceptors (Lipinski definition) is 3. The highest BCUT2D eigenvalue weighted by atomic mass is 16.2. The summed E-state index contributed by atoms with van der Waals surface area (Å²) in [6.45, 7) is 3.51. The highest BCUT2D eigenvalue weighted by Crippen LogP contribution is 2.48. The molecule has 21 heavy (non-hydrogen) atoms. The number of pyridine rings is 1. The Kier molecular flexibility index (Phi) is 3.32. The van der Waals surface area contributed by atoms with E-state index in [2.05, 4.69) is 14.8 Å². The summed E-state index contributed by atoms with van der Waals surface area (Å²) in [5, 5.41) is 0. The van der Waals surface area contributed by atoms with E-state index in [9.17, 15) is 4.79 Å². The molecule has 1 amide bonds. The first kappa shape index (κ1) is 13.1. The quantitative estimate of drug-likeness (QED) is 0.835. The van der Waals surface area contributed by atoms with Crippen LogP contribution in [0, 0.1) is 17.8 Å². The van der Waals surface area contributed by atoms with Crippen molar-refractivity contribution in [3.8, 4) is 0 Å². The zero-order chi connectivity index (χ0) is 14.2. The zero-order valence-electron chi connectivity index (χ0n) is 12.4. The molecular formula is C17H23N3O. The molecule has 4 nitrogen and oxygen atoms in total. The minimum absolute atomic E-state index is 0.338. The van der Waals surface area contributed by atoms with Gasteiger partial charge in [0.15, 0.2) is 0 Å². The number of piperazine rings is 1. The van der Waals surface area contributed by atoms with E-state index in [1.807, 2.05) is 24.4 Å². The fourth-order valence-electron chi connectivity index (χ4n) is 4.48. The van der Waals surface area contributed by atoms with Crippen LogP contribution in [0.25, 0.3) is 0 Å². The van der Waals surface area contributed by atoms with Crippen LogP contribution < -0.4 is 4.90 Å². The molecule has 0 aromatic carbocycles. The first-order chi connectivity index (χ1) is 10.3. The van der Waals surface area contributed by atoms with Crippen LogP contribution in [0.3, 0.4) is 0 Å². The number of amides is 1. The van der Waals surface area contributed by atoms with Gasteiger partial charge in [0.1, 0.15) is 5.82 Å². The predicted molar refractivity (Wildman–Crippen MR) is 82.0 cm³/mol. The van der Waals surface area contributed by atoms with Gasteiger partial charge in [0.05, 0.1) is 0 Å². The summed E-state index contributed by atoms with van der Waals surface area (Å²) in [5.74, 6) is 3.34. The lowest BCUT2D eigenvalue weighted by Gasteiger charge is -2.37. The van der Waals surface area contributed by atoms with Crippen molar-refractivity contribution in [3.63, 3.8) is 0 Å². The van der Waals surface area contributed by atoms with Gasteiger partial charge in [-0.05, 0) is 43.2 Å². The van der Waals surface area contributed by atoms with Crippen molar-refractivity contribution in [1.29, 1.82) is 0 Å². The monoisotopic (exact) mass is 285 g/mol. The Balaban J connectivity index is 1.36. The molecule has 2 heterocycles. The minimum Gasteiger partial charge on any atom is -0.353 e. The molecule has 0 spiro atoms. The van der Waals surface area contributed by atoms with Crippen LogP contribution in [0.5, 0.6) is 0 Å². The van der Waals surface area contributed by atoms with Crippen molar-refractivity contribution in [3.05, 3.63) is 24.4 Å². The molecule has 3 fully saturated rings. The van der Waals surface area contributed by atoms with Crippen molar-refractivity contribution in [2.24, 2.45) is 17.8 Å². The molecule has 4 rings (SSSR count). The molecule has 3 atom stereocenters. The molecule has 2 aliphatic carbocycles. The molecule has 1 aromatic rings. The van der Waals surface area contributed by atoms with Crippen LogP contribution in [0.4, 0.5) is 5.82 Å². The van der Waals surface area contributed by atoms with E-state index in [-0.39, 0.29) is 0 Å². The Morgan fingerprint density at radius 2 is 1.95 bits per heavy atom. The number of aromatic nitrogens is 1. The molecule has 0 radical (unpaired) electrons. The third-order valence-electron chi connectivity index (χ3n) is 5.62. The Labute approximate surface area is 126 Å². The van der Waals surface area contributed by atoms with Gasteiger partial charge in [-0.15, -0.1) is 0 Å². The van der Waals surface area contributed by atoms with Gasteiger partial charge < -0.3 is 9.80 Å². The Hall–Kier alpha value is -1.58. The lowest BCUT2D eigenvalue weighted by molar-refractivity contribution is -0.137. The van der Waals surface area contributed by atoms with Crippen molar-refractivity contribution in [2.45, 2.75) is 25.7 Å². The third kappa shape index (κ3) is 2.41. The molecule has 112 valence electrons. The number of rotatable bonds is 2. The summed E-state index contributed by atoms with van der Waals surface area (Å²) < 4.78 is 0. The van der Waals surface area contributed by atoms with E-state index >= 15 is 0 Å². The number of carbonyl (C=O) groups is 1. The van der Waals surface area contributed by atoms with Crippen LogP contribution in [0.2, 0.25) is 0 Å². The van der Waals surface area contributed by atoms with Gasteiger partial charge in [0, 0.05) is 38.3 Å². The number of fused-ring (bicyclic) bond motifs is 2. The molecule has 1 aromatic heterocycles. The van der Waals surface area contributed by atoms with Crippen molar-refractivity contribution in [1.82, 2.24) is 9.88 Å². The molecule has 4 heteroatoms. The second-order valence-corrected chi connectivity index (χ2v) is 6.78. The molecular weight excluding hydrogens is 262 g/mol. The summed E-state index contributed by atoms with van der Waals surface area (Å²) in [7, 11) is 0.